The first-order valence-electron chi connectivity index (χ1n) is 10.7. The van der Waals surface area contributed by atoms with Gasteiger partial charge in [0.1, 0.15) is 12.4 Å². The standard InChI is InChI=1S/C26H25F3N2O/c27-26(28,29)23-12-5-4-11-21(23)25-20(10-6-7-15-30)22-16-19(13-14-24(22)31-25)32-17-18-8-2-1-3-9-18/h1-5,8-9,11-14,16,31H,6-7,10,15,17,30H2. The quantitative estimate of drug-likeness (QED) is 0.300. The van der Waals surface area contributed by atoms with Crippen LogP contribution in [0.15, 0.2) is 72.8 Å². The Morgan fingerprint density at radius 3 is 2.38 bits per heavy atom. The van der Waals surface area contributed by atoms with E-state index in [1.807, 2.05) is 48.5 Å². The lowest BCUT2D eigenvalue weighted by molar-refractivity contribution is -0.137. The van der Waals surface area contributed by atoms with Crippen LogP contribution in [0.25, 0.3) is 22.2 Å². The highest BCUT2D eigenvalue weighted by atomic mass is 19.4. The molecular formula is C26H25F3N2O. The normalized spacial score (nSPS) is 11.8. The summed E-state index contributed by atoms with van der Waals surface area (Å²) in [5.41, 5.74) is 8.36. The van der Waals surface area contributed by atoms with Crippen LogP contribution < -0.4 is 10.5 Å². The Labute approximate surface area is 185 Å². The number of nitrogens with one attached hydrogen (secondary N) is 1. The van der Waals surface area contributed by atoms with Crippen LogP contribution in [0.4, 0.5) is 13.2 Å². The summed E-state index contributed by atoms with van der Waals surface area (Å²) in [4.78, 5) is 3.23. The van der Waals surface area contributed by atoms with Crippen molar-refractivity contribution in [2.24, 2.45) is 5.73 Å². The molecule has 0 aliphatic rings. The third kappa shape index (κ3) is 4.81. The van der Waals surface area contributed by atoms with Gasteiger partial charge >= 0.3 is 6.18 Å². The average Bonchev–Trinajstić information content (AvgIpc) is 3.16. The number of benzene rings is 3. The van der Waals surface area contributed by atoms with Crippen molar-refractivity contribution in [1.29, 1.82) is 0 Å². The average molecular weight is 438 g/mol. The molecule has 0 fully saturated rings. The number of nitrogens with two attached hydrogens (primary N) is 1. The highest BCUT2D eigenvalue weighted by Gasteiger charge is 2.34. The third-order valence-corrected chi connectivity index (χ3v) is 5.51. The van der Waals surface area contributed by atoms with E-state index < -0.39 is 11.7 Å². The molecule has 32 heavy (non-hydrogen) atoms. The fourth-order valence-electron chi connectivity index (χ4n) is 3.94. The molecule has 3 nitrogen and oxygen atoms in total. The Morgan fingerprint density at radius 1 is 0.875 bits per heavy atom. The second-order valence-corrected chi connectivity index (χ2v) is 7.75. The molecular weight excluding hydrogens is 413 g/mol. The van der Waals surface area contributed by atoms with Gasteiger partial charge in [-0.1, -0.05) is 48.5 Å². The van der Waals surface area contributed by atoms with Gasteiger partial charge in [0, 0.05) is 16.5 Å². The van der Waals surface area contributed by atoms with Crippen molar-refractivity contribution in [2.45, 2.75) is 32.0 Å². The lowest BCUT2D eigenvalue weighted by atomic mass is 9.97. The van der Waals surface area contributed by atoms with Gasteiger partial charge < -0.3 is 15.5 Å². The first-order chi connectivity index (χ1) is 15.5. The molecule has 166 valence electrons. The number of aryl methyl sites for hydroxylation is 1. The van der Waals surface area contributed by atoms with E-state index in [4.69, 9.17) is 10.5 Å². The predicted octanol–water partition coefficient (Wildman–Crippen LogP) is 6.71. The number of aromatic nitrogens is 1. The van der Waals surface area contributed by atoms with Crippen LogP contribution in [0.1, 0.15) is 29.5 Å². The van der Waals surface area contributed by atoms with Crippen LogP contribution in [0, 0.1) is 0 Å². The zero-order valence-corrected chi connectivity index (χ0v) is 17.6. The Morgan fingerprint density at radius 2 is 1.62 bits per heavy atom. The van der Waals surface area contributed by atoms with E-state index in [9.17, 15) is 13.2 Å². The molecule has 0 spiro atoms. The number of hydrogen-bond acceptors (Lipinski definition) is 2. The molecule has 3 aromatic carbocycles. The molecule has 0 aliphatic heterocycles. The van der Waals surface area contributed by atoms with Gasteiger partial charge in [0.2, 0.25) is 0 Å². The highest BCUT2D eigenvalue weighted by Crippen LogP contribution is 2.40. The van der Waals surface area contributed by atoms with Crippen LogP contribution in [-0.4, -0.2) is 11.5 Å². The molecule has 6 heteroatoms. The summed E-state index contributed by atoms with van der Waals surface area (Å²) in [6, 6.07) is 21.1. The van der Waals surface area contributed by atoms with Gasteiger partial charge in [-0.15, -0.1) is 0 Å². The molecule has 0 saturated carbocycles. The SMILES string of the molecule is NCCCCc1c(-c2ccccc2C(F)(F)F)[nH]c2ccc(OCc3ccccc3)cc12. The maximum absolute atomic E-state index is 13.7. The summed E-state index contributed by atoms with van der Waals surface area (Å²) in [5.74, 6) is 0.677. The van der Waals surface area contributed by atoms with Crippen LogP contribution >= 0.6 is 0 Å². The molecule has 0 amide bonds. The summed E-state index contributed by atoms with van der Waals surface area (Å²) in [7, 11) is 0. The van der Waals surface area contributed by atoms with Crippen LogP contribution in [0.2, 0.25) is 0 Å². The number of halogens is 3. The molecule has 0 radical (unpaired) electrons. The summed E-state index contributed by atoms with van der Waals surface area (Å²) < 4.78 is 47.1. The Balaban J connectivity index is 1.75. The molecule has 0 bridgehead atoms. The number of ether oxygens (including phenoxy) is 1. The second-order valence-electron chi connectivity index (χ2n) is 7.75. The van der Waals surface area contributed by atoms with Gasteiger partial charge in [-0.25, -0.2) is 0 Å². The van der Waals surface area contributed by atoms with Gasteiger partial charge in [-0.2, -0.15) is 13.2 Å². The van der Waals surface area contributed by atoms with E-state index in [1.54, 1.807) is 6.07 Å². The molecule has 0 aliphatic carbocycles. The maximum atomic E-state index is 13.7. The van der Waals surface area contributed by atoms with E-state index in [2.05, 4.69) is 4.98 Å². The van der Waals surface area contributed by atoms with Gasteiger partial charge in [-0.3, -0.25) is 0 Å². The van der Waals surface area contributed by atoms with Crippen molar-refractivity contribution < 1.29 is 17.9 Å². The molecule has 1 heterocycles. The number of H-pyrrole nitrogens is 1. The lowest BCUT2D eigenvalue weighted by Crippen LogP contribution is -2.07. The molecule has 0 atom stereocenters. The van der Waals surface area contributed by atoms with Gasteiger partial charge in [0.05, 0.1) is 11.3 Å². The van der Waals surface area contributed by atoms with Crippen LogP contribution in [-0.2, 0) is 19.2 Å². The van der Waals surface area contributed by atoms with E-state index in [0.717, 1.165) is 40.9 Å². The largest absolute Gasteiger partial charge is 0.489 e. The lowest BCUT2D eigenvalue weighted by Gasteiger charge is -2.13. The third-order valence-electron chi connectivity index (χ3n) is 5.51. The number of alkyl halides is 3. The zero-order valence-electron chi connectivity index (χ0n) is 17.6. The van der Waals surface area contributed by atoms with Crippen LogP contribution in [0.5, 0.6) is 5.75 Å². The fourth-order valence-corrected chi connectivity index (χ4v) is 3.94. The minimum atomic E-state index is -4.44. The summed E-state index contributed by atoms with van der Waals surface area (Å²) in [6.07, 6.45) is -2.22. The van der Waals surface area contributed by atoms with Gasteiger partial charge in [0.25, 0.3) is 0 Å². The van der Waals surface area contributed by atoms with Gasteiger partial charge in [0.15, 0.2) is 0 Å². The number of rotatable bonds is 8. The predicted molar refractivity (Wildman–Crippen MR) is 122 cm³/mol. The summed E-state index contributed by atoms with van der Waals surface area (Å²) >= 11 is 0. The summed E-state index contributed by atoms with van der Waals surface area (Å²) in [6.45, 7) is 0.964. The van der Waals surface area contributed by atoms with E-state index in [1.165, 1.54) is 12.1 Å². The number of fused-ring (bicyclic) bond motifs is 1. The van der Waals surface area contributed by atoms with Crippen molar-refractivity contribution in [3.8, 4) is 17.0 Å². The van der Waals surface area contributed by atoms with E-state index in [-0.39, 0.29) is 5.56 Å². The van der Waals surface area contributed by atoms with Crippen molar-refractivity contribution in [2.75, 3.05) is 6.54 Å². The fraction of sp³-hybridized carbons (Fsp3) is 0.231. The van der Waals surface area contributed by atoms with Gasteiger partial charge in [-0.05, 0) is 61.2 Å². The monoisotopic (exact) mass is 438 g/mol. The Bertz CT molecular complexity index is 1180. The maximum Gasteiger partial charge on any atom is 0.417 e. The van der Waals surface area contributed by atoms with Crippen molar-refractivity contribution in [3.63, 3.8) is 0 Å². The molecule has 1 aromatic heterocycles. The molecule has 4 rings (SSSR count). The van der Waals surface area contributed by atoms with E-state index in [0.29, 0.717) is 31.0 Å². The molecule has 3 N–H and O–H groups in total. The minimum absolute atomic E-state index is 0.158. The summed E-state index contributed by atoms with van der Waals surface area (Å²) in [5, 5.41) is 0.875. The Kier molecular flexibility index (Phi) is 6.51. The molecule has 0 saturated heterocycles. The minimum Gasteiger partial charge on any atom is -0.489 e. The molecule has 4 aromatic rings. The van der Waals surface area contributed by atoms with Crippen LogP contribution in [0.3, 0.4) is 0 Å². The van der Waals surface area contributed by atoms with E-state index >= 15 is 0 Å². The first kappa shape index (κ1) is 22.0. The number of hydrogen-bond donors (Lipinski definition) is 2. The highest BCUT2D eigenvalue weighted by molar-refractivity contribution is 5.92. The zero-order chi connectivity index (χ0) is 22.6. The number of unbranched alkanes of at least 4 members (excludes halogenated alkanes) is 1. The number of aromatic amines is 1. The Hall–Kier alpha value is -3.25. The van der Waals surface area contributed by atoms with Crippen molar-refractivity contribution in [3.05, 3.63) is 89.5 Å². The first-order valence-corrected chi connectivity index (χ1v) is 10.7. The van der Waals surface area contributed by atoms with Crippen molar-refractivity contribution in [1.82, 2.24) is 4.98 Å². The topological polar surface area (TPSA) is 51.0 Å². The molecule has 0 unspecified atom stereocenters. The second kappa shape index (κ2) is 9.49. The smallest absolute Gasteiger partial charge is 0.417 e. The van der Waals surface area contributed by atoms with Crippen molar-refractivity contribution >= 4 is 10.9 Å².